The number of para-hydroxylation sites is 2. The van der Waals surface area contributed by atoms with Crippen LogP contribution in [-0.2, 0) is 0 Å². The van der Waals surface area contributed by atoms with Crippen molar-refractivity contribution >= 4 is 11.6 Å². The van der Waals surface area contributed by atoms with Gasteiger partial charge in [-0.3, -0.25) is 9.48 Å². The Morgan fingerprint density at radius 2 is 2.05 bits per heavy atom. The van der Waals surface area contributed by atoms with Gasteiger partial charge in [-0.05, 0) is 31.0 Å². The maximum Gasteiger partial charge on any atom is 0.276 e. The third-order valence-electron chi connectivity index (χ3n) is 3.89. The molecule has 3 rings (SSSR count). The molecule has 2 aromatic rings. The van der Waals surface area contributed by atoms with Crippen molar-refractivity contribution in [2.75, 3.05) is 12.4 Å². The number of aromatic nitrogens is 2. The fourth-order valence-corrected chi connectivity index (χ4v) is 2.77. The zero-order valence-corrected chi connectivity index (χ0v) is 12.1. The number of amides is 1. The molecule has 1 N–H and O–H groups in total. The minimum absolute atomic E-state index is 0.212. The third-order valence-corrected chi connectivity index (χ3v) is 3.89. The lowest BCUT2D eigenvalue weighted by molar-refractivity contribution is 0.102. The van der Waals surface area contributed by atoms with Crippen molar-refractivity contribution in [1.82, 2.24) is 9.78 Å². The third kappa shape index (κ3) is 2.91. The number of rotatable bonds is 4. The molecule has 110 valence electrons. The number of nitrogens with one attached hydrogen (secondary N) is 1. The molecule has 1 saturated carbocycles. The van der Waals surface area contributed by atoms with E-state index in [9.17, 15) is 4.79 Å². The molecule has 1 heterocycles. The molecule has 0 spiro atoms. The molecule has 1 amide bonds. The lowest BCUT2D eigenvalue weighted by Crippen LogP contribution is -2.14. The zero-order valence-electron chi connectivity index (χ0n) is 12.1. The number of ether oxygens (including phenoxy) is 1. The molecule has 1 aromatic carbocycles. The predicted molar refractivity (Wildman–Crippen MR) is 80.7 cm³/mol. The first-order valence-corrected chi connectivity index (χ1v) is 7.27. The van der Waals surface area contributed by atoms with Gasteiger partial charge in [0.25, 0.3) is 5.91 Å². The van der Waals surface area contributed by atoms with E-state index in [2.05, 4.69) is 10.4 Å². The number of hydrogen-bond acceptors (Lipinski definition) is 3. The Bertz CT molecular complexity index is 630. The fraction of sp³-hybridized carbons (Fsp3) is 0.375. The normalized spacial score (nSPS) is 15.1. The molecular formula is C16H19N3O2. The molecule has 0 saturated heterocycles. The highest BCUT2D eigenvalue weighted by molar-refractivity contribution is 6.03. The topological polar surface area (TPSA) is 56.1 Å². The SMILES string of the molecule is COc1ccccc1NC(=O)c1ccn(C2CCCC2)n1. The second-order valence-corrected chi connectivity index (χ2v) is 5.27. The maximum atomic E-state index is 12.3. The Morgan fingerprint density at radius 1 is 1.29 bits per heavy atom. The lowest BCUT2D eigenvalue weighted by Gasteiger charge is -2.10. The minimum Gasteiger partial charge on any atom is -0.495 e. The molecule has 1 aliphatic carbocycles. The molecule has 5 heteroatoms. The largest absolute Gasteiger partial charge is 0.495 e. The number of anilines is 1. The van der Waals surface area contributed by atoms with Crippen LogP contribution in [0.25, 0.3) is 0 Å². The van der Waals surface area contributed by atoms with Gasteiger partial charge in [0.05, 0.1) is 18.8 Å². The Hall–Kier alpha value is -2.30. The summed E-state index contributed by atoms with van der Waals surface area (Å²) in [7, 11) is 1.58. The van der Waals surface area contributed by atoms with Crippen molar-refractivity contribution in [3.05, 3.63) is 42.2 Å². The van der Waals surface area contributed by atoms with E-state index < -0.39 is 0 Å². The van der Waals surface area contributed by atoms with Crippen LogP contribution >= 0.6 is 0 Å². The van der Waals surface area contributed by atoms with Gasteiger partial charge in [0, 0.05) is 6.20 Å². The van der Waals surface area contributed by atoms with E-state index in [0.29, 0.717) is 23.2 Å². The van der Waals surface area contributed by atoms with Crippen LogP contribution in [-0.4, -0.2) is 22.8 Å². The number of benzene rings is 1. The van der Waals surface area contributed by atoms with Crippen LogP contribution in [0.1, 0.15) is 42.2 Å². The molecule has 1 aliphatic rings. The summed E-state index contributed by atoms with van der Waals surface area (Å²) in [5.41, 5.74) is 1.09. The van der Waals surface area contributed by atoms with Crippen molar-refractivity contribution in [2.45, 2.75) is 31.7 Å². The van der Waals surface area contributed by atoms with E-state index in [0.717, 1.165) is 12.8 Å². The molecule has 0 aliphatic heterocycles. The first-order chi connectivity index (χ1) is 10.3. The molecule has 1 aromatic heterocycles. The van der Waals surface area contributed by atoms with Crippen molar-refractivity contribution in [3.63, 3.8) is 0 Å². The van der Waals surface area contributed by atoms with E-state index in [1.54, 1.807) is 13.2 Å². The van der Waals surface area contributed by atoms with Gasteiger partial charge in [-0.2, -0.15) is 5.10 Å². The molecular weight excluding hydrogens is 266 g/mol. The summed E-state index contributed by atoms with van der Waals surface area (Å²) in [5, 5.41) is 7.25. The van der Waals surface area contributed by atoms with Crippen LogP contribution < -0.4 is 10.1 Å². The molecule has 0 unspecified atom stereocenters. The first kappa shape index (κ1) is 13.7. The quantitative estimate of drug-likeness (QED) is 0.938. The number of nitrogens with zero attached hydrogens (tertiary/aromatic N) is 2. The molecule has 5 nitrogen and oxygen atoms in total. The number of methoxy groups -OCH3 is 1. The van der Waals surface area contributed by atoms with E-state index >= 15 is 0 Å². The second-order valence-electron chi connectivity index (χ2n) is 5.27. The average molecular weight is 285 g/mol. The Kier molecular flexibility index (Phi) is 3.90. The monoisotopic (exact) mass is 285 g/mol. The Labute approximate surface area is 123 Å². The van der Waals surface area contributed by atoms with E-state index in [4.69, 9.17) is 4.74 Å². The first-order valence-electron chi connectivity index (χ1n) is 7.27. The smallest absolute Gasteiger partial charge is 0.276 e. The van der Waals surface area contributed by atoms with Gasteiger partial charge < -0.3 is 10.1 Å². The summed E-state index contributed by atoms with van der Waals surface area (Å²) >= 11 is 0. The van der Waals surface area contributed by atoms with Crippen molar-refractivity contribution in [3.8, 4) is 5.75 Å². The van der Waals surface area contributed by atoms with Crippen molar-refractivity contribution in [2.24, 2.45) is 0 Å². The molecule has 21 heavy (non-hydrogen) atoms. The highest BCUT2D eigenvalue weighted by atomic mass is 16.5. The van der Waals surface area contributed by atoms with Gasteiger partial charge in [-0.1, -0.05) is 25.0 Å². The highest BCUT2D eigenvalue weighted by Gasteiger charge is 2.19. The van der Waals surface area contributed by atoms with Gasteiger partial charge in [-0.25, -0.2) is 0 Å². The Balaban J connectivity index is 1.73. The van der Waals surface area contributed by atoms with Crippen molar-refractivity contribution < 1.29 is 9.53 Å². The van der Waals surface area contributed by atoms with Crippen LogP contribution in [0.15, 0.2) is 36.5 Å². The molecule has 0 radical (unpaired) electrons. The van der Waals surface area contributed by atoms with Crippen LogP contribution in [0.3, 0.4) is 0 Å². The highest BCUT2D eigenvalue weighted by Crippen LogP contribution is 2.29. The summed E-state index contributed by atoms with van der Waals surface area (Å²) in [4.78, 5) is 12.3. The van der Waals surface area contributed by atoms with Crippen LogP contribution in [0, 0.1) is 0 Å². The summed E-state index contributed by atoms with van der Waals surface area (Å²) in [6.45, 7) is 0. The molecule has 1 fully saturated rings. The maximum absolute atomic E-state index is 12.3. The van der Waals surface area contributed by atoms with Gasteiger partial charge in [-0.15, -0.1) is 0 Å². The zero-order chi connectivity index (χ0) is 14.7. The number of carbonyl (C=O) groups is 1. The Morgan fingerprint density at radius 3 is 2.81 bits per heavy atom. The van der Waals surface area contributed by atoms with Gasteiger partial charge in [0.1, 0.15) is 5.75 Å². The van der Waals surface area contributed by atoms with E-state index in [1.807, 2.05) is 35.1 Å². The van der Waals surface area contributed by atoms with E-state index in [1.165, 1.54) is 12.8 Å². The lowest BCUT2D eigenvalue weighted by atomic mass is 10.3. The fourth-order valence-electron chi connectivity index (χ4n) is 2.77. The van der Waals surface area contributed by atoms with Gasteiger partial charge >= 0.3 is 0 Å². The summed E-state index contributed by atoms with van der Waals surface area (Å²) < 4.78 is 7.15. The van der Waals surface area contributed by atoms with Gasteiger partial charge in [0.2, 0.25) is 0 Å². The van der Waals surface area contributed by atoms with Crippen LogP contribution in [0.2, 0.25) is 0 Å². The second kappa shape index (κ2) is 5.99. The van der Waals surface area contributed by atoms with Crippen molar-refractivity contribution in [1.29, 1.82) is 0 Å². The number of carbonyl (C=O) groups excluding carboxylic acids is 1. The van der Waals surface area contributed by atoms with Crippen LogP contribution in [0.5, 0.6) is 5.75 Å². The average Bonchev–Trinajstić information content (AvgIpc) is 3.18. The molecule has 0 bridgehead atoms. The predicted octanol–water partition coefficient (Wildman–Crippen LogP) is 3.26. The minimum atomic E-state index is -0.212. The summed E-state index contributed by atoms with van der Waals surface area (Å²) in [6, 6.07) is 9.55. The summed E-state index contributed by atoms with van der Waals surface area (Å²) in [5.74, 6) is 0.428. The van der Waals surface area contributed by atoms with E-state index in [-0.39, 0.29) is 5.91 Å². The standard InChI is InChI=1S/C16H19N3O2/c1-21-15-9-5-4-8-13(15)17-16(20)14-10-11-19(18-14)12-6-2-3-7-12/h4-5,8-12H,2-3,6-7H2,1H3,(H,17,20). The molecule has 0 atom stereocenters. The van der Waals surface area contributed by atoms with Crippen LogP contribution in [0.4, 0.5) is 5.69 Å². The number of hydrogen-bond donors (Lipinski definition) is 1. The summed E-state index contributed by atoms with van der Waals surface area (Å²) in [6.07, 6.45) is 6.68. The van der Waals surface area contributed by atoms with Gasteiger partial charge in [0.15, 0.2) is 5.69 Å².